The van der Waals surface area contributed by atoms with Gasteiger partial charge in [-0.25, -0.2) is 9.59 Å². The van der Waals surface area contributed by atoms with E-state index in [0.29, 0.717) is 17.7 Å². The van der Waals surface area contributed by atoms with Crippen molar-refractivity contribution in [1.82, 2.24) is 10.2 Å². The molecule has 2 aromatic carbocycles. The van der Waals surface area contributed by atoms with Crippen molar-refractivity contribution in [3.8, 4) is 17.2 Å². The number of esters is 2. The lowest BCUT2D eigenvalue weighted by atomic mass is 9.86. The molecule has 0 aliphatic rings. The molecule has 0 aliphatic carbocycles. The maximum atomic E-state index is 13.2. The highest BCUT2D eigenvalue weighted by molar-refractivity contribution is 5.91. The molecular formula is C28H36N2O10. The summed E-state index contributed by atoms with van der Waals surface area (Å²) in [6.07, 6.45) is -1.74. The van der Waals surface area contributed by atoms with Gasteiger partial charge in [-0.3, -0.25) is 14.5 Å². The summed E-state index contributed by atoms with van der Waals surface area (Å²) >= 11 is 0. The largest absolute Gasteiger partial charge is 0.493 e. The van der Waals surface area contributed by atoms with Gasteiger partial charge in [0.1, 0.15) is 18.7 Å². The van der Waals surface area contributed by atoms with Gasteiger partial charge >= 0.3 is 18.0 Å². The highest BCUT2D eigenvalue weighted by Gasteiger charge is 2.41. The fourth-order valence-corrected chi connectivity index (χ4v) is 3.98. The van der Waals surface area contributed by atoms with Crippen LogP contribution in [-0.4, -0.2) is 76.7 Å². The lowest BCUT2D eigenvalue weighted by molar-refractivity contribution is -0.166. The van der Waals surface area contributed by atoms with E-state index in [1.54, 1.807) is 24.3 Å². The van der Waals surface area contributed by atoms with E-state index < -0.39 is 35.8 Å². The Morgan fingerprint density at radius 3 is 2.05 bits per heavy atom. The Morgan fingerprint density at radius 2 is 1.55 bits per heavy atom. The predicted molar refractivity (Wildman–Crippen MR) is 143 cm³/mol. The van der Waals surface area contributed by atoms with Crippen molar-refractivity contribution in [3.05, 3.63) is 53.6 Å². The second-order valence-electron chi connectivity index (χ2n) is 8.65. The number of amides is 2. The number of hydrogen-bond donors (Lipinski definition) is 1. The van der Waals surface area contributed by atoms with Crippen molar-refractivity contribution in [2.45, 2.75) is 39.0 Å². The van der Waals surface area contributed by atoms with Crippen LogP contribution in [0, 0.1) is 0 Å². The van der Waals surface area contributed by atoms with Gasteiger partial charge < -0.3 is 33.7 Å². The summed E-state index contributed by atoms with van der Waals surface area (Å²) in [4.78, 5) is 50.6. The first-order valence-corrected chi connectivity index (χ1v) is 12.4. The van der Waals surface area contributed by atoms with Crippen LogP contribution < -0.4 is 19.5 Å². The van der Waals surface area contributed by atoms with E-state index in [4.69, 9.17) is 28.4 Å². The van der Waals surface area contributed by atoms with Gasteiger partial charge in [-0.2, -0.15) is 0 Å². The molecule has 0 radical (unpaired) electrons. The third-order valence-electron chi connectivity index (χ3n) is 6.20. The molecule has 2 atom stereocenters. The van der Waals surface area contributed by atoms with Crippen molar-refractivity contribution in [2.75, 3.05) is 41.5 Å². The monoisotopic (exact) mass is 560 g/mol. The highest BCUT2D eigenvalue weighted by atomic mass is 16.7. The Morgan fingerprint density at radius 1 is 0.950 bits per heavy atom. The molecule has 0 fully saturated rings. The molecule has 218 valence electrons. The summed E-state index contributed by atoms with van der Waals surface area (Å²) in [5.41, 5.74) is -0.309. The molecule has 12 nitrogen and oxygen atoms in total. The number of rotatable bonds is 13. The zero-order valence-electron chi connectivity index (χ0n) is 23.8. The molecule has 12 heteroatoms. The summed E-state index contributed by atoms with van der Waals surface area (Å²) in [6.45, 7) is 3.87. The van der Waals surface area contributed by atoms with Gasteiger partial charge in [0.15, 0.2) is 11.5 Å². The summed E-state index contributed by atoms with van der Waals surface area (Å²) < 4.78 is 32.1. The van der Waals surface area contributed by atoms with Crippen LogP contribution >= 0.6 is 0 Å². The third-order valence-corrected chi connectivity index (χ3v) is 6.20. The first-order valence-electron chi connectivity index (χ1n) is 12.4. The maximum Gasteiger partial charge on any atom is 0.413 e. The molecule has 0 bridgehead atoms. The Hall–Kier alpha value is -4.48. The zero-order chi connectivity index (χ0) is 29.9. The van der Waals surface area contributed by atoms with E-state index in [-0.39, 0.29) is 30.2 Å². The van der Waals surface area contributed by atoms with Crippen LogP contribution in [-0.2, 0) is 29.3 Å². The summed E-state index contributed by atoms with van der Waals surface area (Å²) in [5.74, 6) is -0.985. The van der Waals surface area contributed by atoms with Crippen LogP contribution in [0.25, 0.3) is 0 Å². The van der Waals surface area contributed by atoms with Crippen molar-refractivity contribution >= 4 is 23.9 Å². The van der Waals surface area contributed by atoms with Crippen LogP contribution in [0.5, 0.6) is 17.2 Å². The van der Waals surface area contributed by atoms with Crippen molar-refractivity contribution in [3.63, 3.8) is 0 Å². The second-order valence-corrected chi connectivity index (χ2v) is 8.65. The van der Waals surface area contributed by atoms with Crippen LogP contribution in [0.4, 0.5) is 4.79 Å². The van der Waals surface area contributed by atoms with Gasteiger partial charge in [-0.05, 0) is 24.1 Å². The first kappa shape index (κ1) is 31.7. The Balaban J connectivity index is 2.29. The topological polar surface area (TPSA) is 139 Å². The number of carbonyl (C=O) groups excluding carboxylic acids is 4. The Labute approximate surface area is 233 Å². The summed E-state index contributed by atoms with van der Waals surface area (Å²) in [7, 11) is 5.82. The van der Waals surface area contributed by atoms with Gasteiger partial charge in [0.2, 0.25) is 17.9 Å². The minimum Gasteiger partial charge on any atom is -0.493 e. The molecule has 0 aromatic heterocycles. The number of hydrogen-bond acceptors (Lipinski definition) is 10. The van der Waals surface area contributed by atoms with Crippen molar-refractivity contribution < 1.29 is 47.6 Å². The van der Waals surface area contributed by atoms with E-state index in [2.05, 4.69) is 5.32 Å². The van der Waals surface area contributed by atoms with E-state index in [0.717, 1.165) is 0 Å². The molecule has 0 saturated carbocycles. The van der Waals surface area contributed by atoms with Crippen LogP contribution in [0.3, 0.4) is 0 Å². The molecule has 1 N–H and O–H groups in total. The Kier molecular flexibility index (Phi) is 11.6. The number of ether oxygens (including phenoxy) is 6. The molecular weight excluding hydrogens is 524 g/mol. The second kappa shape index (κ2) is 14.6. The zero-order valence-corrected chi connectivity index (χ0v) is 23.8. The fraction of sp³-hybridized carbons (Fsp3) is 0.429. The smallest absolute Gasteiger partial charge is 0.413 e. The molecule has 1 unspecified atom stereocenters. The summed E-state index contributed by atoms with van der Waals surface area (Å²) in [6, 6.07) is 12.0. The number of benzene rings is 2. The highest BCUT2D eigenvalue weighted by Crippen LogP contribution is 2.39. The van der Waals surface area contributed by atoms with Gasteiger partial charge in [0.25, 0.3) is 0 Å². The lowest BCUT2D eigenvalue weighted by Gasteiger charge is -2.40. The lowest BCUT2D eigenvalue weighted by Crippen LogP contribution is -2.51. The van der Waals surface area contributed by atoms with E-state index >= 15 is 0 Å². The normalized spacial score (nSPS) is 12.7. The van der Waals surface area contributed by atoms with Gasteiger partial charge in [-0.1, -0.05) is 37.3 Å². The van der Waals surface area contributed by atoms with Gasteiger partial charge in [0.05, 0.1) is 26.9 Å². The third kappa shape index (κ3) is 7.78. The average molecular weight is 561 g/mol. The quantitative estimate of drug-likeness (QED) is 0.287. The Bertz CT molecular complexity index is 1160. The van der Waals surface area contributed by atoms with Gasteiger partial charge in [0, 0.05) is 20.9 Å². The molecule has 0 aliphatic heterocycles. The van der Waals surface area contributed by atoms with E-state index in [1.165, 1.54) is 59.3 Å². The first-order chi connectivity index (χ1) is 19.0. The van der Waals surface area contributed by atoms with Crippen LogP contribution in [0.2, 0.25) is 0 Å². The molecule has 0 saturated heterocycles. The molecule has 2 rings (SSSR count). The number of nitrogens with one attached hydrogen (secondary N) is 1. The van der Waals surface area contributed by atoms with Crippen LogP contribution in [0.15, 0.2) is 42.5 Å². The van der Waals surface area contributed by atoms with Crippen molar-refractivity contribution in [1.29, 1.82) is 0 Å². The van der Waals surface area contributed by atoms with E-state index in [1.807, 2.05) is 13.0 Å². The maximum absolute atomic E-state index is 13.2. The SMILES string of the molecule is CC[C@@](COC(=O)c1cc(OC)c(OC)c(OC)c1)(c1ccccc1)N(C)C(=O)OC(C)OC(=O)CNC(C)=O. The summed E-state index contributed by atoms with van der Waals surface area (Å²) in [5, 5.41) is 2.31. The molecule has 0 heterocycles. The standard InChI is InChI=1S/C28H36N2O10/c1-8-28(21-12-10-9-11-13-21,30(4)27(34)40-19(3)39-24(32)16-29-18(2)31)17-38-26(33)20-14-22(35-5)25(37-7)23(15-20)36-6/h9-15,19H,8,16-17H2,1-7H3,(H,29,31)/t19?,28-/m1/s1. The number of methoxy groups -OCH3 is 3. The molecule has 40 heavy (non-hydrogen) atoms. The number of likely N-dealkylation sites (N-methyl/N-ethyl adjacent to an activating group) is 1. The van der Waals surface area contributed by atoms with E-state index in [9.17, 15) is 19.2 Å². The molecule has 2 aromatic rings. The van der Waals surface area contributed by atoms with Crippen LogP contribution in [0.1, 0.15) is 43.1 Å². The molecule has 2 amide bonds. The predicted octanol–water partition coefficient (Wildman–Crippen LogP) is 3.27. The minimum absolute atomic E-state index is 0.150. The molecule has 0 spiro atoms. The number of carbonyl (C=O) groups is 4. The minimum atomic E-state index is -1.25. The van der Waals surface area contributed by atoms with Gasteiger partial charge in [-0.15, -0.1) is 0 Å². The number of nitrogens with zero attached hydrogens (tertiary/aromatic N) is 1. The average Bonchev–Trinajstić information content (AvgIpc) is 2.95. The fourth-order valence-electron chi connectivity index (χ4n) is 3.98. The van der Waals surface area contributed by atoms with Crippen molar-refractivity contribution in [2.24, 2.45) is 0 Å².